The predicted molar refractivity (Wildman–Crippen MR) is 93.2 cm³/mol. The van der Waals surface area contributed by atoms with Crippen LogP contribution >= 0.6 is 27.3 Å². The van der Waals surface area contributed by atoms with E-state index in [1.165, 1.54) is 4.88 Å². The summed E-state index contributed by atoms with van der Waals surface area (Å²) in [6.45, 7) is 6.78. The van der Waals surface area contributed by atoms with Crippen LogP contribution in [0.5, 0.6) is 0 Å². The van der Waals surface area contributed by atoms with E-state index in [1.54, 1.807) is 11.3 Å². The lowest BCUT2D eigenvalue weighted by molar-refractivity contribution is 0.0862. The number of rotatable bonds is 5. The standard InChI is InChI=1S/C17H20BrNOS/c1-11-5-6-12(2)16(7-11)17(20)13(3)19(4)9-15-8-14(18)10-21-15/h5-8,10,13H,9H2,1-4H3. The quantitative estimate of drug-likeness (QED) is 0.707. The number of hydrogen-bond donors (Lipinski definition) is 0. The highest BCUT2D eigenvalue weighted by Gasteiger charge is 2.21. The molecule has 2 rings (SSSR count). The van der Waals surface area contributed by atoms with Gasteiger partial charge in [-0.25, -0.2) is 0 Å². The van der Waals surface area contributed by atoms with Gasteiger partial charge >= 0.3 is 0 Å². The molecule has 0 radical (unpaired) electrons. The first-order chi connectivity index (χ1) is 9.88. The van der Waals surface area contributed by atoms with E-state index in [0.717, 1.165) is 27.7 Å². The second-order valence-electron chi connectivity index (χ2n) is 5.50. The molecule has 1 unspecified atom stereocenters. The van der Waals surface area contributed by atoms with E-state index >= 15 is 0 Å². The van der Waals surface area contributed by atoms with Gasteiger partial charge in [0.15, 0.2) is 5.78 Å². The number of nitrogens with zero attached hydrogens (tertiary/aromatic N) is 1. The summed E-state index contributed by atoms with van der Waals surface area (Å²) < 4.78 is 1.10. The number of aryl methyl sites for hydroxylation is 2. The fourth-order valence-corrected chi connectivity index (χ4v) is 3.76. The maximum absolute atomic E-state index is 12.7. The molecule has 0 N–H and O–H groups in total. The Hall–Kier alpha value is -0.970. The van der Waals surface area contributed by atoms with Crippen LogP contribution in [0, 0.1) is 13.8 Å². The van der Waals surface area contributed by atoms with Crippen LogP contribution in [-0.4, -0.2) is 23.8 Å². The number of likely N-dealkylation sites (N-methyl/N-ethyl adjacent to an activating group) is 1. The van der Waals surface area contributed by atoms with Crippen LogP contribution in [0.25, 0.3) is 0 Å². The highest BCUT2D eigenvalue weighted by atomic mass is 79.9. The molecule has 1 aromatic carbocycles. The van der Waals surface area contributed by atoms with Crippen molar-refractivity contribution in [2.24, 2.45) is 0 Å². The van der Waals surface area contributed by atoms with Gasteiger partial charge in [-0.3, -0.25) is 9.69 Å². The zero-order valence-electron chi connectivity index (χ0n) is 12.8. The van der Waals surface area contributed by atoms with E-state index in [9.17, 15) is 4.79 Å². The van der Waals surface area contributed by atoms with E-state index in [2.05, 4.69) is 32.3 Å². The topological polar surface area (TPSA) is 20.3 Å². The van der Waals surface area contributed by atoms with Gasteiger partial charge in [-0.05, 0) is 61.4 Å². The smallest absolute Gasteiger partial charge is 0.179 e. The fraction of sp³-hybridized carbons (Fsp3) is 0.353. The van der Waals surface area contributed by atoms with Crippen molar-refractivity contribution in [3.05, 3.63) is 55.7 Å². The number of hydrogen-bond acceptors (Lipinski definition) is 3. The van der Waals surface area contributed by atoms with Gasteiger partial charge < -0.3 is 0 Å². The molecule has 4 heteroatoms. The van der Waals surface area contributed by atoms with Crippen molar-refractivity contribution < 1.29 is 4.79 Å². The van der Waals surface area contributed by atoms with Crippen LogP contribution in [0.15, 0.2) is 34.1 Å². The Morgan fingerprint density at radius 2 is 2.05 bits per heavy atom. The Morgan fingerprint density at radius 3 is 2.67 bits per heavy atom. The van der Waals surface area contributed by atoms with Crippen molar-refractivity contribution in [2.75, 3.05) is 7.05 Å². The van der Waals surface area contributed by atoms with Crippen LogP contribution in [0.2, 0.25) is 0 Å². The number of thiophene rings is 1. The molecule has 0 amide bonds. The summed E-state index contributed by atoms with van der Waals surface area (Å²) in [5.74, 6) is 0.189. The summed E-state index contributed by atoms with van der Waals surface area (Å²) in [5.41, 5.74) is 3.01. The zero-order valence-corrected chi connectivity index (χ0v) is 15.2. The van der Waals surface area contributed by atoms with Crippen LogP contribution in [0.3, 0.4) is 0 Å². The number of ketones is 1. The van der Waals surface area contributed by atoms with Gasteiger partial charge in [-0.2, -0.15) is 0 Å². The highest BCUT2D eigenvalue weighted by molar-refractivity contribution is 9.10. The molecule has 0 aliphatic rings. The Kier molecular flexibility index (Phi) is 5.36. The van der Waals surface area contributed by atoms with Crippen LogP contribution in [-0.2, 0) is 6.54 Å². The Bertz CT molecular complexity index is 650. The van der Waals surface area contributed by atoms with E-state index in [-0.39, 0.29) is 11.8 Å². The van der Waals surface area contributed by atoms with Crippen molar-refractivity contribution >= 4 is 33.0 Å². The molecular weight excluding hydrogens is 346 g/mol. The average molecular weight is 366 g/mol. The van der Waals surface area contributed by atoms with Crippen molar-refractivity contribution in [2.45, 2.75) is 33.4 Å². The summed E-state index contributed by atoms with van der Waals surface area (Å²) in [5, 5.41) is 2.07. The number of carbonyl (C=O) groups excluding carboxylic acids is 1. The second-order valence-corrected chi connectivity index (χ2v) is 7.42. The number of Topliss-reactive ketones (excluding diaryl/α,β-unsaturated/α-hetero) is 1. The van der Waals surface area contributed by atoms with Crippen molar-refractivity contribution in [3.63, 3.8) is 0 Å². The van der Waals surface area contributed by atoms with Gasteiger partial charge in [-0.15, -0.1) is 11.3 Å². The first kappa shape index (κ1) is 16.4. The minimum Gasteiger partial charge on any atom is -0.292 e. The summed E-state index contributed by atoms with van der Waals surface area (Å²) in [6, 6.07) is 8.03. The minimum absolute atomic E-state index is 0.133. The van der Waals surface area contributed by atoms with Gasteiger partial charge in [0.1, 0.15) is 0 Å². The lowest BCUT2D eigenvalue weighted by Gasteiger charge is -2.23. The van der Waals surface area contributed by atoms with Crippen molar-refractivity contribution in [1.82, 2.24) is 4.90 Å². The molecule has 0 aliphatic carbocycles. The third kappa shape index (κ3) is 4.02. The third-order valence-corrected chi connectivity index (χ3v) is 5.41. The number of carbonyl (C=O) groups is 1. The molecule has 1 heterocycles. The molecular formula is C17H20BrNOS. The Labute approximate surface area is 138 Å². The highest BCUT2D eigenvalue weighted by Crippen LogP contribution is 2.22. The fourth-order valence-electron chi connectivity index (χ4n) is 2.25. The van der Waals surface area contributed by atoms with Gasteiger partial charge in [0.25, 0.3) is 0 Å². The molecule has 0 spiro atoms. The molecule has 1 aromatic heterocycles. The molecule has 0 bridgehead atoms. The Morgan fingerprint density at radius 1 is 1.33 bits per heavy atom. The Balaban J connectivity index is 2.12. The lowest BCUT2D eigenvalue weighted by Crippen LogP contribution is -2.35. The third-order valence-electron chi connectivity index (χ3n) is 3.73. The molecule has 2 nitrogen and oxygen atoms in total. The number of benzene rings is 1. The lowest BCUT2D eigenvalue weighted by atomic mass is 9.98. The van der Waals surface area contributed by atoms with Crippen LogP contribution in [0.4, 0.5) is 0 Å². The van der Waals surface area contributed by atoms with Gasteiger partial charge in [0, 0.05) is 26.8 Å². The minimum atomic E-state index is -0.133. The first-order valence-corrected chi connectivity index (χ1v) is 8.60. The summed E-state index contributed by atoms with van der Waals surface area (Å²) in [6.07, 6.45) is 0. The summed E-state index contributed by atoms with van der Waals surface area (Å²) >= 11 is 5.18. The maximum atomic E-state index is 12.7. The zero-order chi connectivity index (χ0) is 15.6. The number of halogens is 1. The molecule has 0 fully saturated rings. The van der Waals surface area contributed by atoms with Gasteiger partial charge in [-0.1, -0.05) is 17.7 Å². The van der Waals surface area contributed by atoms with E-state index in [0.29, 0.717) is 0 Å². The average Bonchev–Trinajstić information content (AvgIpc) is 2.85. The largest absolute Gasteiger partial charge is 0.292 e. The van der Waals surface area contributed by atoms with Crippen LogP contribution in [0.1, 0.15) is 33.3 Å². The normalized spacial score (nSPS) is 12.7. The molecule has 2 aromatic rings. The van der Waals surface area contributed by atoms with E-state index in [1.807, 2.05) is 46.0 Å². The summed E-state index contributed by atoms with van der Waals surface area (Å²) in [4.78, 5) is 16.1. The van der Waals surface area contributed by atoms with E-state index < -0.39 is 0 Å². The van der Waals surface area contributed by atoms with Crippen LogP contribution < -0.4 is 0 Å². The van der Waals surface area contributed by atoms with Gasteiger partial charge in [0.2, 0.25) is 0 Å². The molecule has 0 saturated carbocycles. The van der Waals surface area contributed by atoms with E-state index in [4.69, 9.17) is 0 Å². The van der Waals surface area contributed by atoms with Gasteiger partial charge in [0.05, 0.1) is 6.04 Å². The predicted octanol–water partition coefficient (Wildman–Crippen LogP) is 4.83. The molecule has 0 saturated heterocycles. The SMILES string of the molecule is Cc1ccc(C)c(C(=O)C(C)N(C)Cc2cc(Br)cs2)c1. The monoisotopic (exact) mass is 365 g/mol. The molecule has 112 valence electrons. The molecule has 21 heavy (non-hydrogen) atoms. The summed E-state index contributed by atoms with van der Waals surface area (Å²) in [7, 11) is 2.00. The second kappa shape index (κ2) is 6.86. The molecule has 1 atom stereocenters. The maximum Gasteiger partial charge on any atom is 0.179 e. The first-order valence-electron chi connectivity index (χ1n) is 6.93. The van der Waals surface area contributed by atoms with Crippen molar-refractivity contribution in [3.8, 4) is 0 Å². The molecule has 0 aliphatic heterocycles. The van der Waals surface area contributed by atoms with Crippen molar-refractivity contribution in [1.29, 1.82) is 0 Å².